The van der Waals surface area contributed by atoms with Gasteiger partial charge in [-0.2, -0.15) is 0 Å². The number of anilines is 2. The van der Waals surface area contributed by atoms with Crippen LogP contribution >= 0.6 is 0 Å². The van der Waals surface area contributed by atoms with Crippen molar-refractivity contribution in [3.05, 3.63) is 119 Å². The molecule has 3 aliphatic rings. The summed E-state index contributed by atoms with van der Waals surface area (Å²) < 4.78 is 0. The Morgan fingerprint density at radius 3 is 1.57 bits per heavy atom. The summed E-state index contributed by atoms with van der Waals surface area (Å²) in [7, 11) is 0. The van der Waals surface area contributed by atoms with Crippen LogP contribution in [0.15, 0.2) is 97.1 Å². The van der Waals surface area contributed by atoms with Crippen LogP contribution in [0.1, 0.15) is 74.6 Å². The Morgan fingerprint density at radius 1 is 0.449 bits per heavy atom. The predicted octanol–water partition coefficient (Wildman–Crippen LogP) is 12.2. The van der Waals surface area contributed by atoms with Crippen LogP contribution in [-0.2, 0) is 5.41 Å². The normalized spacial score (nSPS) is 17.1. The standard InChI is InChI=1S/C47H48N2/c1-31-25-32(2)27-34(26-31)46-40-20-17-35(48-21-9-5-10-22-48)29-41(40)45(39-19-16-36(30-42(39)46)49-23-11-6-12-24-49)33-15-18-38-37-13-7-8-14-43(37)47(3,4)44(38)28-33/h7-8,13-20,25-30H,5-6,9-12,21-24H2,1-4H3. The fourth-order valence-corrected chi connectivity index (χ4v) is 9.50. The first-order valence-electron chi connectivity index (χ1n) is 18.7. The molecule has 2 saturated heterocycles. The van der Waals surface area contributed by atoms with Gasteiger partial charge in [-0.3, -0.25) is 0 Å². The lowest BCUT2D eigenvalue weighted by Gasteiger charge is -2.30. The van der Waals surface area contributed by atoms with Gasteiger partial charge in [0.15, 0.2) is 0 Å². The van der Waals surface area contributed by atoms with E-state index in [1.807, 2.05) is 0 Å². The van der Waals surface area contributed by atoms with E-state index in [1.54, 1.807) is 0 Å². The Hall–Kier alpha value is -4.56. The summed E-state index contributed by atoms with van der Waals surface area (Å²) in [6.45, 7) is 13.9. The molecule has 246 valence electrons. The van der Waals surface area contributed by atoms with Crippen LogP contribution in [-0.4, -0.2) is 26.2 Å². The van der Waals surface area contributed by atoms with Gasteiger partial charge in [0.25, 0.3) is 0 Å². The zero-order valence-corrected chi connectivity index (χ0v) is 29.7. The molecule has 49 heavy (non-hydrogen) atoms. The van der Waals surface area contributed by atoms with Crippen molar-refractivity contribution in [3.63, 3.8) is 0 Å². The lowest BCUT2D eigenvalue weighted by Crippen LogP contribution is -2.29. The molecule has 0 unspecified atom stereocenters. The van der Waals surface area contributed by atoms with Gasteiger partial charge in [0, 0.05) is 43.0 Å². The van der Waals surface area contributed by atoms with Crippen molar-refractivity contribution in [2.24, 2.45) is 0 Å². The van der Waals surface area contributed by atoms with E-state index in [0.717, 1.165) is 26.2 Å². The number of fused-ring (bicyclic) bond motifs is 5. The van der Waals surface area contributed by atoms with E-state index in [2.05, 4.69) is 135 Å². The van der Waals surface area contributed by atoms with Crippen LogP contribution in [0, 0.1) is 13.8 Å². The topological polar surface area (TPSA) is 6.48 Å². The maximum atomic E-state index is 2.62. The molecule has 2 nitrogen and oxygen atoms in total. The van der Waals surface area contributed by atoms with Gasteiger partial charge in [0.2, 0.25) is 0 Å². The van der Waals surface area contributed by atoms with Crippen LogP contribution in [0.2, 0.25) is 0 Å². The molecule has 0 amide bonds. The Labute approximate surface area is 292 Å². The Kier molecular flexibility index (Phi) is 7.34. The Bertz CT molecular complexity index is 2220. The molecule has 0 bridgehead atoms. The maximum absolute atomic E-state index is 2.62. The largest absolute Gasteiger partial charge is 0.372 e. The molecule has 0 radical (unpaired) electrons. The quantitative estimate of drug-likeness (QED) is 0.177. The molecule has 0 aromatic heterocycles. The second-order valence-corrected chi connectivity index (χ2v) is 15.6. The molecule has 2 heterocycles. The fraction of sp³-hybridized carbons (Fsp3) is 0.319. The van der Waals surface area contributed by atoms with Crippen LogP contribution in [0.3, 0.4) is 0 Å². The molecule has 2 fully saturated rings. The first-order valence-corrected chi connectivity index (χ1v) is 18.7. The highest BCUT2D eigenvalue weighted by Gasteiger charge is 2.35. The van der Waals surface area contributed by atoms with Crippen molar-refractivity contribution in [1.29, 1.82) is 0 Å². The summed E-state index contributed by atoms with van der Waals surface area (Å²) in [5.74, 6) is 0. The molecule has 0 saturated carbocycles. The fourth-order valence-electron chi connectivity index (χ4n) is 9.50. The molecular weight excluding hydrogens is 593 g/mol. The van der Waals surface area contributed by atoms with Crippen LogP contribution in [0.25, 0.3) is 54.9 Å². The van der Waals surface area contributed by atoms with E-state index in [-0.39, 0.29) is 5.41 Å². The molecule has 0 spiro atoms. The average molecular weight is 641 g/mol. The SMILES string of the molecule is Cc1cc(C)cc(-c2c3ccc(N4CCCCC4)cc3c(-c3ccc4c(c3)C(C)(C)c3ccccc3-4)c3ccc(N4CCCCC4)cc23)c1. The lowest BCUT2D eigenvalue weighted by atomic mass is 9.80. The Morgan fingerprint density at radius 2 is 0.980 bits per heavy atom. The highest BCUT2D eigenvalue weighted by molar-refractivity contribution is 6.22. The van der Waals surface area contributed by atoms with Gasteiger partial charge in [-0.25, -0.2) is 0 Å². The van der Waals surface area contributed by atoms with Gasteiger partial charge in [-0.15, -0.1) is 0 Å². The smallest absolute Gasteiger partial charge is 0.0372 e. The van der Waals surface area contributed by atoms with Crippen molar-refractivity contribution >= 4 is 32.9 Å². The van der Waals surface area contributed by atoms with Crippen molar-refractivity contribution in [2.45, 2.75) is 71.6 Å². The van der Waals surface area contributed by atoms with Crippen molar-refractivity contribution in [1.82, 2.24) is 0 Å². The second-order valence-electron chi connectivity index (χ2n) is 15.6. The van der Waals surface area contributed by atoms with E-state index in [1.165, 1.54) is 127 Å². The Balaban J connectivity index is 1.37. The third kappa shape index (κ3) is 5.06. The van der Waals surface area contributed by atoms with Gasteiger partial charge in [0.05, 0.1) is 0 Å². The summed E-state index contributed by atoms with van der Waals surface area (Å²) in [5.41, 5.74) is 16.3. The molecule has 0 atom stereocenters. The first-order chi connectivity index (χ1) is 23.9. The van der Waals surface area contributed by atoms with Gasteiger partial charge < -0.3 is 9.80 Å². The molecule has 1 aliphatic carbocycles. The van der Waals surface area contributed by atoms with Crippen LogP contribution in [0.4, 0.5) is 11.4 Å². The number of hydrogen-bond acceptors (Lipinski definition) is 2. The number of benzene rings is 6. The third-order valence-corrected chi connectivity index (χ3v) is 11.9. The van der Waals surface area contributed by atoms with Crippen molar-refractivity contribution < 1.29 is 0 Å². The van der Waals surface area contributed by atoms with Gasteiger partial charge in [0.1, 0.15) is 0 Å². The molecule has 9 rings (SSSR count). The summed E-state index contributed by atoms with van der Waals surface area (Å²) >= 11 is 0. The van der Waals surface area contributed by atoms with Gasteiger partial charge in [-0.1, -0.05) is 91.7 Å². The summed E-state index contributed by atoms with van der Waals surface area (Å²) in [6.07, 6.45) is 7.77. The molecule has 6 aromatic rings. The number of nitrogens with zero attached hydrogens (tertiary/aromatic N) is 2. The van der Waals surface area contributed by atoms with E-state index in [4.69, 9.17) is 0 Å². The van der Waals surface area contributed by atoms with E-state index >= 15 is 0 Å². The van der Waals surface area contributed by atoms with Crippen molar-refractivity contribution in [2.75, 3.05) is 36.0 Å². The molecule has 2 aliphatic heterocycles. The minimum atomic E-state index is -0.0486. The molecule has 2 heteroatoms. The summed E-state index contributed by atoms with van der Waals surface area (Å²) in [5, 5.41) is 5.44. The zero-order valence-electron chi connectivity index (χ0n) is 29.7. The first kappa shape index (κ1) is 30.5. The average Bonchev–Trinajstić information content (AvgIpc) is 3.36. The summed E-state index contributed by atoms with van der Waals surface area (Å²) in [6, 6.07) is 38.3. The predicted molar refractivity (Wildman–Crippen MR) is 211 cm³/mol. The minimum absolute atomic E-state index is 0.0486. The van der Waals surface area contributed by atoms with Gasteiger partial charge >= 0.3 is 0 Å². The lowest BCUT2D eigenvalue weighted by molar-refractivity contribution is 0.578. The summed E-state index contributed by atoms with van der Waals surface area (Å²) in [4.78, 5) is 5.24. The molecular formula is C47H48N2. The second kappa shape index (κ2) is 11.8. The monoisotopic (exact) mass is 640 g/mol. The maximum Gasteiger partial charge on any atom is 0.0372 e. The van der Waals surface area contributed by atoms with Crippen LogP contribution in [0.5, 0.6) is 0 Å². The highest BCUT2D eigenvalue weighted by Crippen LogP contribution is 2.52. The van der Waals surface area contributed by atoms with E-state index in [9.17, 15) is 0 Å². The highest BCUT2D eigenvalue weighted by atomic mass is 15.1. The van der Waals surface area contributed by atoms with Crippen molar-refractivity contribution in [3.8, 4) is 33.4 Å². The number of piperidine rings is 2. The van der Waals surface area contributed by atoms with Crippen LogP contribution < -0.4 is 9.80 Å². The van der Waals surface area contributed by atoms with E-state index < -0.39 is 0 Å². The molecule has 6 aromatic carbocycles. The van der Waals surface area contributed by atoms with E-state index in [0.29, 0.717) is 0 Å². The van der Waals surface area contributed by atoms with Gasteiger partial charge in [-0.05, 0) is 149 Å². The number of aryl methyl sites for hydroxylation is 2. The number of hydrogen-bond donors (Lipinski definition) is 0. The zero-order chi connectivity index (χ0) is 33.3. The minimum Gasteiger partial charge on any atom is -0.372 e. The number of rotatable bonds is 4. The third-order valence-electron chi connectivity index (χ3n) is 11.9. The molecule has 0 N–H and O–H groups in total.